The molecule has 1 N–H and O–H groups in total. The van der Waals surface area contributed by atoms with Crippen LogP contribution in [0.3, 0.4) is 0 Å². The minimum atomic E-state index is -0.651. The number of carbonyl (C=O) groups is 1. The summed E-state index contributed by atoms with van der Waals surface area (Å²) in [6, 6.07) is 4.00. The maximum absolute atomic E-state index is 11.7. The molecule has 2 rings (SSSR count). The van der Waals surface area contributed by atoms with Crippen LogP contribution in [0.4, 0.5) is 0 Å². The van der Waals surface area contributed by atoms with Crippen LogP contribution in [0.5, 0.6) is 0 Å². The minimum Gasteiger partial charge on any atom is -0.480 e. The number of nitrogens with zero attached hydrogens (tertiary/aromatic N) is 2. The van der Waals surface area contributed by atoms with Gasteiger partial charge in [0.2, 0.25) is 0 Å². The van der Waals surface area contributed by atoms with Gasteiger partial charge >= 0.3 is 5.97 Å². The lowest BCUT2D eigenvalue weighted by atomic mass is 9.90. The van der Waals surface area contributed by atoms with Crippen LogP contribution in [0, 0.1) is 0 Å². The standard InChI is InChI=1S/C15H22N2O2/c1-2-7-15(14(18)19)8-3-11-17(15)12-6-13-4-9-16-10-5-13/h4-5,9-10H,2-3,6-8,11-12H2,1H3,(H,18,19). The molecule has 1 aromatic heterocycles. The van der Waals surface area contributed by atoms with Crippen LogP contribution >= 0.6 is 0 Å². The monoisotopic (exact) mass is 262 g/mol. The molecule has 0 aromatic carbocycles. The second kappa shape index (κ2) is 6.15. The van der Waals surface area contributed by atoms with Gasteiger partial charge in [-0.05, 0) is 49.9 Å². The third kappa shape index (κ3) is 2.95. The summed E-state index contributed by atoms with van der Waals surface area (Å²) >= 11 is 0. The van der Waals surface area contributed by atoms with E-state index in [4.69, 9.17) is 0 Å². The number of carboxylic acids is 1. The van der Waals surface area contributed by atoms with Crippen LogP contribution in [-0.4, -0.2) is 39.6 Å². The van der Waals surface area contributed by atoms with Crippen molar-refractivity contribution in [1.82, 2.24) is 9.88 Å². The SMILES string of the molecule is CCCC1(C(=O)O)CCCN1CCc1ccncc1. The Morgan fingerprint density at radius 3 is 2.84 bits per heavy atom. The van der Waals surface area contributed by atoms with Gasteiger partial charge in [-0.15, -0.1) is 0 Å². The van der Waals surface area contributed by atoms with E-state index in [1.807, 2.05) is 12.1 Å². The summed E-state index contributed by atoms with van der Waals surface area (Å²) in [5.74, 6) is -0.651. The number of likely N-dealkylation sites (tertiary alicyclic amines) is 1. The van der Waals surface area contributed by atoms with Crippen molar-refractivity contribution in [2.45, 2.75) is 44.6 Å². The first-order valence-corrected chi connectivity index (χ1v) is 7.06. The minimum absolute atomic E-state index is 0.623. The predicted octanol–water partition coefficient (Wildman–Crippen LogP) is 2.34. The number of hydrogen-bond donors (Lipinski definition) is 1. The Morgan fingerprint density at radius 2 is 2.21 bits per heavy atom. The van der Waals surface area contributed by atoms with Crippen molar-refractivity contribution in [3.8, 4) is 0 Å². The van der Waals surface area contributed by atoms with E-state index >= 15 is 0 Å². The fraction of sp³-hybridized carbons (Fsp3) is 0.600. The smallest absolute Gasteiger partial charge is 0.324 e. The van der Waals surface area contributed by atoms with Crippen LogP contribution in [0.25, 0.3) is 0 Å². The van der Waals surface area contributed by atoms with Gasteiger partial charge in [-0.25, -0.2) is 0 Å². The first kappa shape index (κ1) is 14.0. The third-order valence-electron chi connectivity index (χ3n) is 4.11. The fourth-order valence-corrected chi connectivity index (χ4v) is 3.12. The Balaban J connectivity index is 2.03. The Hall–Kier alpha value is -1.42. The van der Waals surface area contributed by atoms with Crippen LogP contribution < -0.4 is 0 Å². The molecule has 1 aliphatic rings. The van der Waals surface area contributed by atoms with Crippen molar-refractivity contribution < 1.29 is 9.90 Å². The highest BCUT2D eigenvalue weighted by Gasteiger charge is 2.46. The molecule has 19 heavy (non-hydrogen) atoms. The van der Waals surface area contributed by atoms with E-state index in [1.165, 1.54) is 5.56 Å². The van der Waals surface area contributed by atoms with Gasteiger partial charge in [-0.3, -0.25) is 14.7 Å². The van der Waals surface area contributed by atoms with Gasteiger partial charge in [0.25, 0.3) is 0 Å². The van der Waals surface area contributed by atoms with Crippen LogP contribution in [-0.2, 0) is 11.2 Å². The number of rotatable bonds is 6. The molecule has 2 heterocycles. The molecule has 1 unspecified atom stereocenters. The highest BCUT2D eigenvalue weighted by atomic mass is 16.4. The fourth-order valence-electron chi connectivity index (χ4n) is 3.12. The topological polar surface area (TPSA) is 53.4 Å². The van der Waals surface area contributed by atoms with Gasteiger partial charge in [-0.1, -0.05) is 13.3 Å². The van der Waals surface area contributed by atoms with Crippen molar-refractivity contribution in [3.63, 3.8) is 0 Å². The molecule has 1 aromatic rings. The molecule has 0 aliphatic carbocycles. The lowest BCUT2D eigenvalue weighted by Gasteiger charge is -2.34. The normalized spacial score (nSPS) is 23.6. The van der Waals surface area contributed by atoms with Gasteiger partial charge in [0, 0.05) is 18.9 Å². The number of pyridine rings is 1. The van der Waals surface area contributed by atoms with Crippen molar-refractivity contribution in [2.24, 2.45) is 0 Å². The molecule has 1 aliphatic heterocycles. The lowest BCUT2D eigenvalue weighted by molar-refractivity contribution is -0.150. The Kier molecular flexibility index (Phi) is 4.53. The molecule has 0 spiro atoms. The van der Waals surface area contributed by atoms with Crippen molar-refractivity contribution in [2.75, 3.05) is 13.1 Å². The van der Waals surface area contributed by atoms with E-state index in [0.717, 1.165) is 45.2 Å². The molecule has 4 heteroatoms. The van der Waals surface area contributed by atoms with Gasteiger partial charge in [0.15, 0.2) is 0 Å². The van der Waals surface area contributed by atoms with E-state index in [-0.39, 0.29) is 0 Å². The third-order valence-corrected chi connectivity index (χ3v) is 4.11. The van der Waals surface area contributed by atoms with Crippen molar-refractivity contribution in [3.05, 3.63) is 30.1 Å². The van der Waals surface area contributed by atoms with E-state index in [0.29, 0.717) is 0 Å². The van der Waals surface area contributed by atoms with Crippen LogP contribution in [0.2, 0.25) is 0 Å². The van der Waals surface area contributed by atoms with Crippen LogP contribution in [0.15, 0.2) is 24.5 Å². The summed E-state index contributed by atoms with van der Waals surface area (Å²) in [7, 11) is 0. The summed E-state index contributed by atoms with van der Waals surface area (Å²) in [4.78, 5) is 17.9. The first-order chi connectivity index (χ1) is 9.19. The van der Waals surface area contributed by atoms with Crippen molar-refractivity contribution in [1.29, 1.82) is 0 Å². The predicted molar refractivity (Wildman–Crippen MR) is 74.0 cm³/mol. The van der Waals surface area contributed by atoms with Crippen molar-refractivity contribution >= 4 is 5.97 Å². The zero-order valence-electron chi connectivity index (χ0n) is 11.5. The molecule has 0 radical (unpaired) electrons. The number of aliphatic carboxylic acids is 1. The molecule has 0 amide bonds. The maximum atomic E-state index is 11.7. The molecule has 1 atom stereocenters. The van der Waals surface area contributed by atoms with Gasteiger partial charge in [0.05, 0.1) is 0 Å². The number of carboxylic acid groups (broad SMARTS) is 1. The largest absolute Gasteiger partial charge is 0.480 e. The van der Waals surface area contributed by atoms with Gasteiger partial charge < -0.3 is 5.11 Å². The molecule has 0 bridgehead atoms. The molecule has 104 valence electrons. The highest BCUT2D eigenvalue weighted by Crippen LogP contribution is 2.34. The molecule has 1 fully saturated rings. The molecule has 0 saturated carbocycles. The Morgan fingerprint density at radius 1 is 1.47 bits per heavy atom. The summed E-state index contributed by atoms with van der Waals surface area (Å²) in [6.07, 6.45) is 7.90. The van der Waals surface area contributed by atoms with E-state index in [2.05, 4.69) is 16.8 Å². The summed E-state index contributed by atoms with van der Waals surface area (Å²) in [5, 5.41) is 9.61. The molecular formula is C15H22N2O2. The zero-order chi connectivity index (χ0) is 13.7. The average Bonchev–Trinajstić information content (AvgIpc) is 2.82. The van der Waals surface area contributed by atoms with Crippen LogP contribution in [0.1, 0.15) is 38.2 Å². The average molecular weight is 262 g/mol. The first-order valence-electron chi connectivity index (χ1n) is 7.06. The second-order valence-corrected chi connectivity index (χ2v) is 5.28. The summed E-state index contributed by atoms with van der Waals surface area (Å²) in [6.45, 7) is 3.78. The maximum Gasteiger partial charge on any atom is 0.324 e. The van der Waals surface area contributed by atoms with E-state index in [1.54, 1.807) is 12.4 Å². The zero-order valence-corrected chi connectivity index (χ0v) is 11.5. The lowest BCUT2D eigenvalue weighted by Crippen LogP contribution is -2.51. The van der Waals surface area contributed by atoms with Gasteiger partial charge in [-0.2, -0.15) is 0 Å². The number of aromatic nitrogens is 1. The quantitative estimate of drug-likeness (QED) is 0.855. The van der Waals surface area contributed by atoms with E-state index in [9.17, 15) is 9.90 Å². The van der Waals surface area contributed by atoms with Gasteiger partial charge in [0.1, 0.15) is 5.54 Å². The number of hydrogen-bond acceptors (Lipinski definition) is 3. The summed E-state index contributed by atoms with van der Waals surface area (Å²) in [5.41, 5.74) is 0.597. The Bertz CT molecular complexity index is 421. The van der Waals surface area contributed by atoms with E-state index < -0.39 is 11.5 Å². The molecular weight excluding hydrogens is 240 g/mol. The summed E-state index contributed by atoms with van der Waals surface area (Å²) < 4.78 is 0. The second-order valence-electron chi connectivity index (χ2n) is 5.28. The molecule has 1 saturated heterocycles. The highest BCUT2D eigenvalue weighted by molar-refractivity contribution is 5.79. The Labute approximate surface area is 114 Å². The molecule has 4 nitrogen and oxygen atoms in total.